The van der Waals surface area contributed by atoms with E-state index in [0.717, 1.165) is 30.6 Å². The monoisotopic (exact) mass is 566 g/mol. The van der Waals surface area contributed by atoms with Crippen molar-refractivity contribution in [1.29, 1.82) is 0 Å². The molecule has 0 aliphatic carbocycles. The number of benzene rings is 1. The second-order valence-corrected chi connectivity index (χ2v) is 8.59. The molecule has 0 radical (unpaired) electrons. The predicted octanol–water partition coefficient (Wildman–Crippen LogP) is 4.08. The summed E-state index contributed by atoms with van der Waals surface area (Å²) in [7, 11) is 1.59. The molecule has 1 aromatic carbocycles. The Labute approximate surface area is 203 Å². The Hall–Kier alpha value is -2.05. The van der Waals surface area contributed by atoms with Gasteiger partial charge in [-0.1, -0.05) is 6.07 Å². The van der Waals surface area contributed by atoms with Gasteiger partial charge < -0.3 is 15.4 Å². The van der Waals surface area contributed by atoms with E-state index in [0.29, 0.717) is 12.5 Å². The lowest BCUT2D eigenvalue weighted by molar-refractivity contribution is -0.138. The molecule has 2 heterocycles. The van der Waals surface area contributed by atoms with E-state index in [1.165, 1.54) is 6.07 Å². The molecule has 0 saturated carbocycles. The molecule has 0 amide bonds. The quantitative estimate of drug-likeness (QED) is 0.332. The van der Waals surface area contributed by atoms with Gasteiger partial charge >= 0.3 is 6.18 Å². The van der Waals surface area contributed by atoms with E-state index in [1.54, 1.807) is 33.9 Å². The minimum atomic E-state index is -4.49. The first-order valence-corrected chi connectivity index (χ1v) is 10.2. The first kappa shape index (κ1) is 26.2. The summed E-state index contributed by atoms with van der Waals surface area (Å²) in [6, 6.07) is 4.11. The molecule has 178 valence electrons. The number of ether oxygens (including phenoxy) is 1. The summed E-state index contributed by atoms with van der Waals surface area (Å²) in [5.41, 5.74) is -1.19. The van der Waals surface area contributed by atoms with E-state index in [2.05, 4.69) is 25.7 Å². The number of hydrogen-bond acceptors (Lipinski definition) is 4. The normalized spacial score (nSPS) is 16.8. The lowest BCUT2D eigenvalue weighted by atomic mass is 10.1. The second kappa shape index (κ2) is 10.3. The van der Waals surface area contributed by atoms with Gasteiger partial charge in [-0.25, -0.2) is 9.67 Å². The number of guanidine groups is 1. The van der Waals surface area contributed by atoms with Crippen molar-refractivity contribution in [2.75, 3.05) is 7.05 Å². The van der Waals surface area contributed by atoms with E-state index in [4.69, 9.17) is 4.74 Å². The van der Waals surface area contributed by atoms with Crippen LogP contribution in [0.3, 0.4) is 0 Å². The lowest BCUT2D eigenvalue weighted by Crippen LogP contribution is -2.47. The zero-order valence-electron chi connectivity index (χ0n) is 18.9. The van der Waals surface area contributed by atoms with Crippen LogP contribution in [0.1, 0.15) is 50.0 Å². The number of aliphatic imine (C=N–C) groups is 1. The van der Waals surface area contributed by atoms with Crippen LogP contribution in [0, 0.1) is 6.92 Å². The SMILES string of the molecule is CN=C(NCc1ccc(OC(C)(C)C)cc1C(F)(F)F)NC1CCc2nc(C)nn2C1.I. The molecule has 2 N–H and O–H groups in total. The Balaban J connectivity index is 0.00000363. The first-order valence-electron chi connectivity index (χ1n) is 10.2. The average molecular weight is 566 g/mol. The van der Waals surface area contributed by atoms with Gasteiger partial charge in [0.05, 0.1) is 12.1 Å². The maximum atomic E-state index is 13.6. The number of fused-ring (bicyclic) bond motifs is 1. The van der Waals surface area contributed by atoms with Crippen molar-refractivity contribution in [2.45, 2.75) is 71.4 Å². The van der Waals surface area contributed by atoms with Gasteiger partial charge in [0.1, 0.15) is 23.0 Å². The van der Waals surface area contributed by atoms with Crippen molar-refractivity contribution < 1.29 is 17.9 Å². The standard InChI is InChI=1S/C21H29F3N6O.HI/c1-13-27-18-9-7-15(12-30(18)29-13)28-19(25-5)26-11-14-6-8-16(31-20(2,3)4)10-17(14)21(22,23)24;/h6,8,10,15H,7,9,11-12H2,1-5H3,(H2,25,26,28);1H. The molecule has 1 atom stereocenters. The van der Waals surface area contributed by atoms with Crippen LogP contribution in [-0.2, 0) is 25.7 Å². The average Bonchev–Trinajstić information content (AvgIpc) is 3.03. The molecule has 0 spiro atoms. The van der Waals surface area contributed by atoms with Gasteiger partial charge in [-0.3, -0.25) is 4.99 Å². The molecule has 1 unspecified atom stereocenters. The highest BCUT2D eigenvalue weighted by Gasteiger charge is 2.34. The van der Waals surface area contributed by atoms with Crippen molar-refractivity contribution in [3.63, 3.8) is 0 Å². The number of halogens is 4. The van der Waals surface area contributed by atoms with E-state index in [9.17, 15) is 13.2 Å². The summed E-state index contributed by atoms with van der Waals surface area (Å²) in [5.74, 6) is 2.31. The number of rotatable bonds is 4. The highest BCUT2D eigenvalue weighted by atomic mass is 127. The Morgan fingerprint density at radius 2 is 2.00 bits per heavy atom. The van der Waals surface area contributed by atoms with Crippen molar-refractivity contribution in [3.8, 4) is 5.75 Å². The minimum absolute atomic E-state index is 0. The van der Waals surface area contributed by atoms with Crippen LogP contribution in [0.2, 0.25) is 0 Å². The third-order valence-corrected chi connectivity index (χ3v) is 4.79. The highest BCUT2D eigenvalue weighted by molar-refractivity contribution is 14.0. The fraction of sp³-hybridized carbons (Fsp3) is 0.571. The van der Waals surface area contributed by atoms with Crippen LogP contribution in [0.15, 0.2) is 23.2 Å². The lowest BCUT2D eigenvalue weighted by Gasteiger charge is -2.26. The minimum Gasteiger partial charge on any atom is -0.488 e. The van der Waals surface area contributed by atoms with Crippen LogP contribution in [0.25, 0.3) is 0 Å². The van der Waals surface area contributed by atoms with E-state index >= 15 is 0 Å². The Kier molecular flexibility index (Phi) is 8.40. The number of aryl methyl sites for hydroxylation is 2. The zero-order valence-corrected chi connectivity index (χ0v) is 21.2. The molecule has 0 fully saturated rings. The Morgan fingerprint density at radius 1 is 1.28 bits per heavy atom. The summed E-state index contributed by atoms with van der Waals surface area (Å²) < 4.78 is 48.4. The topological polar surface area (TPSA) is 76.4 Å². The fourth-order valence-electron chi connectivity index (χ4n) is 3.51. The molecule has 7 nitrogen and oxygen atoms in total. The molecular formula is C21H30F3IN6O. The van der Waals surface area contributed by atoms with Gasteiger partial charge in [-0.2, -0.15) is 18.3 Å². The van der Waals surface area contributed by atoms with Crippen molar-refractivity contribution in [2.24, 2.45) is 4.99 Å². The number of aromatic nitrogens is 3. The highest BCUT2D eigenvalue weighted by Crippen LogP contribution is 2.35. The van der Waals surface area contributed by atoms with Crippen LogP contribution < -0.4 is 15.4 Å². The maximum absolute atomic E-state index is 13.6. The van der Waals surface area contributed by atoms with Gasteiger partial charge in [0.25, 0.3) is 0 Å². The van der Waals surface area contributed by atoms with Crippen LogP contribution in [0.5, 0.6) is 5.75 Å². The largest absolute Gasteiger partial charge is 0.488 e. The summed E-state index contributed by atoms with van der Waals surface area (Å²) >= 11 is 0. The van der Waals surface area contributed by atoms with Gasteiger partial charge in [-0.05, 0) is 51.8 Å². The molecule has 0 bridgehead atoms. The van der Waals surface area contributed by atoms with Crippen LogP contribution in [0.4, 0.5) is 13.2 Å². The molecule has 2 aromatic rings. The fourth-order valence-corrected chi connectivity index (χ4v) is 3.51. The van der Waals surface area contributed by atoms with Gasteiger partial charge in [0.2, 0.25) is 0 Å². The molecular weight excluding hydrogens is 536 g/mol. The van der Waals surface area contributed by atoms with Crippen molar-refractivity contribution in [1.82, 2.24) is 25.4 Å². The Bertz CT molecular complexity index is 952. The van der Waals surface area contributed by atoms with Crippen molar-refractivity contribution in [3.05, 3.63) is 41.0 Å². The van der Waals surface area contributed by atoms with E-state index in [1.807, 2.05) is 11.6 Å². The third-order valence-electron chi connectivity index (χ3n) is 4.79. The van der Waals surface area contributed by atoms with Gasteiger partial charge in [0, 0.05) is 26.1 Å². The van der Waals surface area contributed by atoms with E-state index < -0.39 is 17.3 Å². The maximum Gasteiger partial charge on any atom is 0.416 e. The molecule has 0 saturated heterocycles. The van der Waals surface area contributed by atoms with Gasteiger partial charge in [-0.15, -0.1) is 24.0 Å². The summed E-state index contributed by atoms with van der Waals surface area (Å²) in [6.45, 7) is 7.83. The summed E-state index contributed by atoms with van der Waals surface area (Å²) in [6.07, 6.45) is -2.87. The predicted molar refractivity (Wildman–Crippen MR) is 127 cm³/mol. The van der Waals surface area contributed by atoms with Gasteiger partial charge in [0.15, 0.2) is 5.96 Å². The number of hydrogen-bond donors (Lipinski definition) is 2. The summed E-state index contributed by atoms with van der Waals surface area (Å²) in [5, 5.41) is 10.6. The second-order valence-electron chi connectivity index (χ2n) is 8.59. The number of nitrogens with one attached hydrogen (secondary N) is 2. The molecule has 1 aliphatic rings. The van der Waals surface area contributed by atoms with Crippen molar-refractivity contribution >= 4 is 29.9 Å². The van der Waals surface area contributed by atoms with E-state index in [-0.39, 0.29) is 47.9 Å². The zero-order chi connectivity index (χ0) is 22.8. The summed E-state index contributed by atoms with van der Waals surface area (Å²) in [4.78, 5) is 8.54. The third kappa shape index (κ3) is 6.97. The van der Waals surface area contributed by atoms with Crippen LogP contribution in [-0.4, -0.2) is 39.4 Å². The van der Waals surface area contributed by atoms with Crippen LogP contribution >= 0.6 is 24.0 Å². The Morgan fingerprint density at radius 3 is 2.62 bits per heavy atom. The smallest absolute Gasteiger partial charge is 0.416 e. The molecule has 1 aromatic heterocycles. The molecule has 32 heavy (non-hydrogen) atoms. The molecule has 1 aliphatic heterocycles. The number of nitrogens with zero attached hydrogens (tertiary/aromatic N) is 4. The first-order chi connectivity index (χ1) is 14.4. The molecule has 11 heteroatoms. The molecule has 3 rings (SSSR count). The number of alkyl halides is 3.